The van der Waals surface area contributed by atoms with Gasteiger partial charge in [-0.1, -0.05) is 24.3 Å². The number of nitrogens with zero attached hydrogens (tertiary/aromatic N) is 2. The third kappa shape index (κ3) is 4.11. The molecule has 3 rings (SSSR count). The summed E-state index contributed by atoms with van der Waals surface area (Å²) < 4.78 is 24.9. The number of hydrogen-bond acceptors (Lipinski definition) is 4. The summed E-state index contributed by atoms with van der Waals surface area (Å²) in [6.07, 6.45) is 5.70. The molecule has 0 atom stereocenters. The highest BCUT2D eigenvalue weighted by molar-refractivity contribution is 7.88. The molecule has 0 saturated carbocycles. The summed E-state index contributed by atoms with van der Waals surface area (Å²) in [6, 6.07) is 8.11. The molecule has 1 aromatic carbocycles. The van der Waals surface area contributed by atoms with Gasteiger partial charge in [-0.3, -0.25) is 9.78 Å². The zero-order chi connectivity index (χ0) is 18.7. The SMILES string of the molecule is Cc1ccccc1CCNC(=O)c1cncc2c1CCN(S(C)(=O)=O)C2. The lowest BCUT2D eigenvalue weighted by Crippen LogP contribution is -2.37. The molecule has 0 saturated heterocycles. The van der Waals surface area contributed by atoms with Crippen LogP contribution in [0.5, 0.6) is 0 Å². The van der Waals surface area contributed by atoms with E-state index in [2.05, 4.69) is 29.4 Å². The van der Waals surface area contributed by atoms with E-state index in [-0.39, 0.29) is 12.5 Å². The largest absolute Gasteiger partial charge is 0.352 e. The number of carbonyl (C=O) groups is 1. The van der Waals surface area contributed by atoms with E-state index >= 15 is 0 Å². The Balaban J connectivity index is 1.68. The molecule has 0 unspecified atom stereocenters. The number of fused-ring (bicyclic) bond motifs is 1. The first-order chi connectivity index (χ1) is 12.4. The second kappa shape index (κ2) is 7.55. The molecule has 26 heavy (non-hydrogen) atoms. The van der Waals surface area contributed by atoms with Gasteiger partial charge in [0.05, 0.1) is 11.8 Å². The van der Waals surface area contributed by atoms with Gasteiger partial charge < -0.3 is 5.32 Å². The van der Waals surface area contributed by atoms with Gasteiger partial charge in [-0.15, -0.1) is 0 Å². The van der Waals surface area contributed by atoms with Gasteiger partial charge in [-0.25, -0.2) is 8.42 Å². The Morgan fingerprint density at radius 3 is 2.77 bits per heavy atom. The van der Waals surface area contributed by atoms with Gasteiger partial charge in [-0.2, -0.15) is 4.31 Å². The van der Waals surface area contributed by atoms with Crippen molar-refractivity contribution < 1.29 is 13.2 Å². The van der Waals surface area contributed by atoms with Crippen LogP contribution in [-0.2, 0) is 29.4 Å². The molecule has 1 N–H and O–H groups in total. The van der Waals surface area contributed by atoms with E-state index in [0.717, 1.165) is 17.5 Å². The lowest BCUT2D eigenvalue weighted by molar-refractivity contribution is 0.0952. The molecular formula is C19H23N3O3S. The molecular weight excluding hydrogens is 350 g/mol. The van der Waals surface area contributed by atoms with Gasteiger partial charge >= 0.3 is 0 Å². The highest BCUT2D eigenvalue weighted by Crippen LogP contribution is 2.23. The van der Waals surface area contributed by atoms with Gasteiger partial charge in [0.2, 0.25) is 10.0 Å². The average molecular weight is 373 g/mol. The molecule has 6 nitrogen and oxygen atoms in total. The topological polar surface area (TPSA) is 79.4 Å². The second-order valence-electron chi connectivity index (χ2n) is 6.60. The number of amides is 1. The number of hydrogen-bond donors (Lipinski definition) is 1. The van der Waals surface area contributed by atoms with Crippen LogP contribution < -0.4 is 5.32 Å². The molecule has 2 heterocycles. The Morgan fingerprint density at radius 1 is 1.27 bits per heavy atom. The quantitative estimate of drug-likeness (QED) is 0.865. The fourth-order valence-electron chi connectivity index (χ4n) is 3.24. The number of carbonyl (C=O) groups excluding carboxylic acids is 1. The summed E-state index contributed by atoms with van der Waals surface area (Å²) in [5.41, 5.74) is 4.66. The third-order valence-corrected chi connectivity index (χ3v) is 6.01. The first-order valence-corrected chi connectivity index (χ1v) is 10.4. The van der Waals surface area contributed by atoms with Crippen molar-refractivity contribution in [2.75, 3.05) is 19.3 Å². The number of pyridine rings is 1. The molecule has 7 heteroatoms. The van der Waals surface area contributed by atoms with Crippen LogP contribution >= 0.6 is 0 Å². The van der Waals surface area contributed by atoms with Crippen molar-refractivity contribution in [1.82, 2.24) is 14.6 Å². The third-order valence-electron chi connectivity index (χ3n) is 4.76. The minimum Gasteiger partial charge on any atom is -0.352 e. The fourth-order valence-corrected chi connectivity index (χ4v) is 4.04. The van der Waals surface area contributed by atoms with Gasteiger partial charge in [0.15, 0.2) is 0 Å². The standard InChI is InChI=1S/C19H23N3O3S/c1-14-5-3-4-6-15(14)7-9-21-19(23)18-12-20-11-16-13-22(26(2,24)25)10-8-17(16)18/h3-6,11-12H,7-10,13H2,1-2H3,(H,21,23). The molecule has 1 aliphatic rings. The van der Waals surface area contributed by atoms with Crippen LogP contribution in [0.3, 0.4) is 0 Å². The summed E-state index contributed by atoms with van der Waals surface area (Å²) in [5, 5.41) is 2.96. The van der Waals surface area contributed by atoms with Gasteiger partial charge in [0.25, 0.3) is 5.91 Å². The zero-order valence-electron chi connectivity index (χ0n) is 15.0. The van der Waals surface area contributed by atoms with E-state index in [4.69, 9.17) is 0 Å². The van der Waals surface area contributed by atoms with Crippen LogP contribution in [-0.4, -0.2) is 43.0 Å². The van der Waals surface area contributed by atoms with E-state index in [9.17, 15) is 13.2 Å². The number of sulfonamides is 1. The van der Waals surface area contributed by atoms with Crippen molar-refractivity contribution >= 4 is 15.9 Å². The molecule has 0 aliphatic carbocycles. The van der Waals surface area contributed by atoms with Gasteiger partial charge in [0.1, 0.15) is 0 Å². The number of aryl methyl sites for hydroxylation is 1. The number of rotatable bonds is 5. The van der Waals surface area contributed by atoms with Crippen LogP contribution in [0, 0.1) is 6.92 Å². The molecule has 1 aliphatic heterocycles. The maximum Gasteiger partial charge on any atom is 0.253 e. The summed E-state index contributed by atoms with van der Waals surface area (Å²) in [4.78, 5) is 16.7. The smallest absolute Gasteiger partial charge is 0.253 e. The Kier molecular flexibility index (Phi) is 5.38. The molecule has 2 aromatic rings. The molecule has 0 bridgehead atoms. The van der Waals surface area contributed by atoms with Crippen LogP contribution in [0.15, 0.2) is 36.7 Å². The Bertz CT molecular complexity index is 925. The second-order valence-corrected chi connectivity index (χ2v) is 8.59. The predicted molar refractivity (Wildman–Crippen MR) is 100 cm³/mol. The van der Waals surface area contributed by atoms with E-state index in [1.54, 1.807) is 12.4 Å². The van der Waals surface area contributed by atoms with E-state index in [0.29, 0.717) is 25.1 Å². The molecule has 0 radical (unpaired) electrons. The van der Waals surface area contributed by atoms with Crippen molar-refractivity contribution in [2.45, 2.75) is 26.3 Å². The van der Waals surface area contributed by atoms with Crippen LogP contribution in [0.25, 0.3) is 0 Å². The summed E-state index contributed by atoms with van der Waals surface area (Å²) in [5.74, 6) is -0.157. The van der Waals surface area contributed by atoms with Crippen LogP contribution in [0.1, 0.15) is 32.6 Å². The molecule has 1 amide bonds. The Hall–Kier alpha value is -2.25. The van der Waals surface area contributed by atoms with Crippen LogP contribution in [0.2, 0.25) is 0 Å². The minimum absolute atomic E-state index is 0.157. The van der Waals surface area contributed by atoms with Crippen molar-refractivity contribution in [3.63, 3.8) is 0 Å². The number of nitrogens with one attached hydrogen (secondary N) is 1. The highest BCUT2D eigenvalue weighted by atomic mass is 32.2. The Morgan fingerprint density at radius 2 is 2.04 bits per heavy atom. The van der Waals surface area contributed by atoms with Crippen molar-refractivity contribution in [3.05, 3.63) is 64.5 Å². The average Bonchev–Trinajstić information content (AvgIpc) is 2.61. The zero-order valence-corrected chi connectivity index (χ0v) is 15.8. The van der Waals surface area contributed by atoms with E-state index in [1.807, 2.05) is 12.1 Å². The van der Waals surface area contributed by atoms with Crippen LogP contribution in [0.4, 0.5) is 0 Å². The minimum atomic E-state index is -3.25. The first kappa shape index (κ1) is 18.5. The summed E-state index contributed by atoms with van der Waals surface area (Å²) in [7, 11) is -3.25. The highest BCUT2D eigenvalue weighted by Gasteiger charge is 2.26. The summed E-state index contributed by atoms with van der Waals surface area (Å²) >= 11 is 0. The van der Waals surface area contributed by atoms with Crippen molar-refractivity contribution in [2.24, 2.45) is 0 Å². The van der Waals surface area contributed by atoms with Crippen molar-refractivity contribution in [1.29, 1.82) is 0 Å². The van der Waals surface area contributed by atoms with E-state index < -0.39 is 10.0 Å². The molecule has 0 fully saturated rings. The van der Waals surface area contributed by atoms with Gasteiger partial charge in [-0.05, 0) is 42.0 Å². The lowest BCUT2D eigenvalue weighted by atomic mass is 9.98. The van der Waals surface area contributed by atoms with Gasteiger partial charge in [0, 0.05) is 32.0 Å². The normalized spacial score (nSPS) is 14.7. The van der Waals surface area contributed by atoms with Crippen molar-refractivity contribution in [3.8, 4) is 0 Å². The monoisotopic (exact) mass is 373 g/mol. The summed E-state index contributed by atoms with van der Waals surface area (Å²) in [6.45, 7) is 3.26. The number of aromatic nitrogens is 1. The molecule has 0 spiro atoms. The maximum atomic E-state index is 12.6. The number of benzene rings is 1. The van der Waals surface area contributed by atoms with E-state index in [1.165, 1.54) is 21.7 Å². The maximum absolute atomic E-state index is 12.6. The lowest BCUT2D eigenvalue weighted by Gasteiger charge is -2.27. The Labute approximate surface area is 154 Å². The predicted octanol–water partition coefficient (Wildman–Crippen LogP) is 1.68. The molecule has 1 aromatic heterocycles. The first-order valence-electron chi connectivity index (χ1n) is 8.60. The molecule has 138 valence electrons. The fraction of sp³-hybridized carbons (Fsp3) is 0.368.